The van der Waals surface area contributed by atoms with Gasteiger partial charge < -0.3 is 15.4 Å². The van der Waals surface area contributed by atoms with Gasteiger partial charge in [-0.2, -0.15) is 5.26 Å². The van der Waals surface area contributed by atoms with E-state index in [9.17, 15) is 5.26 Å². The third-order valence-electron chi connectivity index (χ3n) is 4.61. The van der Waals surface area contributed by atoms with E-state index in [2.05, 4.69) is 18.0 Å². The Balaban J connectivity index is 1.57. The zero-order valence-corrected chi connectivity index (χ0v) is 12.1. The van der Waals surface area contributed by atoms with Crippen molar-refractivity contribution >= 4 is 0 Å². The third-order valence-corrected chi connectivity index (χ3v) is 4.61. The lowest BCUT2D eigenvalue weighted by Gasteiger charge is -2.26. The molecular weight excluding hydrogens is 238 g/mol. The Morgan fingerprint density at radius 3 is 2.84 bits per heavy atom. The average Bonchev–Trinajstić information content (AvgIpc) is 3.15. The van der Waals surface area contributed by atoms with E-state index in [-0.39, 0.29) is 0 Å². The highest BCUT2D eigenvalue weighted by Crippen LogP contribution is 2.35. The van der Waals surface area contributed by atoms with Crippen LogP contribution in [-0.2, 0) is 4.74 Å². The summed E-state index contributed by atoms with van der Waals surface area (Å²) in [4.78, 5) is 2.29. The molecule has 0 spiro atoms. The van der Waals surface area contributed by atoms with Crippen LogP contribution >= 0.6 is 0 Å². The van der Waals surface area contributed by atoms with Gasteiger partial charge in [0, 0.05) is 13.2 Å². The topological polar surface area (TPSA) is 62.3 Å². The van der Waals surface area contributed by atoms with Crippen molar-refractivity contribution < 1.29 is 4.74 Å². The Morgan fingerprint density at radius 2 is 2.16 bits per heavy atom. The van der Waals surface area contributed by atoms with Crippen molar-refractivity contribution in [3.8, 4) is 6.07 Å². The summed E-state index contributed by atoms with van der Waals surface area (Å²) in [7, 11) is 2.13. The maximum atomic E-state index is 9.18. The molecule has 0 aromatic heterocycles. The van der Waals surface area contributed by atoms with Crippen molar-refractivity contribution in [2.75, 3.05) is 33.4 Å². The van der Waals surface area contributed by atoms with Crippen LogP contribution in [0.3, 0.4) is 0 Å². The number of nitrogens with zero attached hydrogens (tertiary/aromatic N) is 2. The number of nitriles is 1. The second-order valence-corrected chi connectivity index (χ2v) is 6.35. The van der Waals surface area contributed by atoms with Crippen molar-refractivity contribution in [3.63, 3.8) is 0 Å². The van der Waals surface area contributed by atoms with Crippen molar-refractivity contribution in [1.82, 2.24) is 4.90 Å². The fourth-order valence-corrected chi connectivity index (χ4v) is 2.89. The SMILES string of the molecule is CN(CCOCC1CC1)CCC1CCCC1(N)C#N. The first kappa shape index (κ1) is 14.8. The Kier molecular flexibility index (Phi) is 5.20. The molecule has 19 heavy (non-hydrogen) atoms. The summed E-state index contributed by atoms with van der Waals surface area (Å²) in [6, 6.07) is 2.32. The minimum atomic E-state index is -0.566. The Bertz CT molecular complexity index is 324. The number of nitrogens with two attached hydrogens (primary N) is 1. The predicted octanol–water partition coefficient (Wildman–Crippen LogP) is 1.76. The van der Waals surface area contributed by atoms with Gasteiger partial charge in [-0.1, -0.05) is 6.42 Å². The highest BCUT2D eigenvalue weighted by Gasteiger charge is 2.39. The van der Waals surface area contributed by atoms with E-state index in [1.165, 1.54) is 12.8 Å². The molecule has 2 saturated carbocycles. The molecule has 0 aliphatic heterocycles. The number of rotatable bonds is 8. The van der Waals surface area contributed by atoms with E-state index in [1.807, 2.05) is 0 Å². The van der Waals surface area contributed by atoms with Crippen LogP contribution < -0.4 is 5.73 Å². The van der Waals surface area contributed by atoms with Gasteiger partial charge in [0.25, 0.3) is 0 Å². The van der Waals surface area contributed by atoms with Gasteiger partial charge in [0.2, 0.25) is 0 Å². The highest BCUT2D eigenvalue weighted by molar-refractivity contribution is 5.11. The zero-order valence-electron chi connectivity index (χ0n) is 12.1. The zero-order chi connectivity index (χ0) is 13.7. The number of hydrogen-bond acceptors (Lipinski definition) is 4. The minimum Gasteiger partial charge on any atom is -0.380 e. The van der Waals surface area contributed by atoms with Gasteiger partial charge in [-0.3, -0.25) is 0 Å². The van der Waals surface area contributed by atoms with Crippen LogP contribution in [0.5, 0.6) is 0 Å². The molecule has 4 heteroatoms. The molecule has 2 aliphatic rings. The molecule has 0 radical (unpaired) electrons. The predicted molar refractivity (Wildman–Crippen MR) is 75.5 cm³/mol. The van der Waals surface area contributed by atoms with E-state index in [0.717, 1.165) is 57.9 Å². The average molecular weight is 265 g/mol. The molecule has 2 fully saturated rings. The Hall–Kier alpha value is -0.630. The molecule has 2 atom stereocenters. The van der Waals surface area contributed by atoms with Gasteiger partial charge in [0.15, 0.2) is 0 Å². The maximum absolute atomic E-state index is 9.18. The number of ether oxygens (including phenoxy) is 1. The summed E-state index contributed by atoms with van der Waals surface area (Å²) < 4.78 is 5.64. The van der Waals surface area contributed by atoms with E-state index < -0.39 is 5.54 Å². The van der Waals surface area contributed by atoms with E-state index >= 15 is 0 Å². The quantitative estimate of drug-likeness (QED) is 0.679. The summed E-state index contributed by atoms with van der Waals surface area (Å²) in [5.41, 5.74) is 5.58. The summed E-state index contributed by atoms with van der Waals surface area (Å²) in [5, 5.41) is 9.18. The third kappa shape index (κ3) is 4.45. The lowest BCUT2D eigenvalue weighted by Crippen LogP contribution is -2.43. The molecular formula is C15H27N3O. The second-order valence-electron chi connectivity index (χ2n) is 6.35. The molecule has 0 saturated heterocycles. The van der Waals surface area contributed by atoms with Crippen LogP contribution in [0.15, 0.2) is 0 Å². The first-order chi connectivity index (χ1) is 9.14. The van der Waals surface area contributed by atoms with E-state index in [0.29, 0.717) is 5.92 Å². The number of likely N-dealkylation sites (N-methyl/N-ethyl adjacent to an activating group) is 1. The van der Waals surface area contributed by atoms with Crippen molar-refractivity contribution in [3.05, 3.63) is 0 Å². The van der Waals surface area contributed by atoms with Crippen molar-refractivity contribution in [2.45, 2.75) is 44.1 Å². The molecule has 2 rings (SSSR count). The minimum absolute atomic E-state index is 0.368. The standard InChI is InChI=1S/C15H27N3O/c1-18(9-10-19-11-13-4-5-13)8-6-14-3-2-7-15(14,17)12-16/h13-14H,2-11,17H2,1H3. The molecule has 0 heterocycles. The second kappa shape index (κ2) is 6.69. The van der Waals surface area contributed by atoms with E-state index in [4.69, 9.17) is 10.5 Å². The van der Waals surface area contributed by atoms with Crippen LogP contribution in [0.2, 0.25) is 0 Å². The summed E-state index contributed by atoms with van der Waals surface area (Å²) in [5.74, 6) is 1.21. The Morgan fingerprint density at radius 1 is 1.37 bits per heavy atom. The molecule has 2 aliphatic carbocycles. The first-order valence-corrected chi connectivity index (χ1v) is 7.60. The summed E-state index contributed by atoms with van der Waals surface area (Å²) in [6.45, 7) is 3.75. The number of hydrogen-bond donors (Lipinski definition) is 1. The molecule has 0 amide bonds. The largest absolute Gasteiger partial charge is 0.380 e. The molecule has 2 unspecified atom stereocenters. The molecule has 4 nitrogen and oxygen atoms in total. The molecule has 2 N–H and O–H groups in total. The fourth-order valence-electron chi connectivity index (χ4n) is 2.89. The van der Waals surface area contributed by atoms with Gasteiger partial charge in [0.1, 0.15) is 5.54 Å². The van der Waals surface area contributed by atoms with Crippen LogP contribution in [0.25, 0.3) is 0 Å². The fraction of sp³-hybridized carbons (Fsp3) is 0.933. The van der Waals surface area contributed by atoms with Gasteiger partial charge in [-0.15, -0.1) is 0 Å². The van der Waals surface area contributed by atoms with Gasteiger partial charge >= 0.3 is 0 Å². The van der Waals surface area contributed by atoms with E-state index in [1.54, 1.807) is 0 Å². The normalized spacial score (nSPS) is 30.7. The van der Waals surface area contributed by atoms with Gasteiger partial charge in [-0.05, 0) is 57.5 Å². The molecule has 0 aromatic carbocycles. The van der Waals surface area contributed by atoms with Gasteiger partial charge in [-0.25, -0.2) is 0 Å². The monoisotopic (exact) mass is 265 g/mol. The molecule has 108 valence electrons. The maximum Gasteiger partial charge on any atom is 0.107 e. The lowest BCUT2D eigenvalue weighted by molar-refractivity contribution is 0.101. The smallest absolute Gasteiger partial charge is 0.107 e. The van der Waals surface area contributed by atoms with Crippen molar-refractivity contribution in [2.24, 2.45) is 17.6 Å². The van der Waals surface area contributed by atoms with Gasteiger partial charge in [0.05, 0.1) is 12.7 Å². The molecule has 0 aromatic rings. The Labute approximate surface area is 116 Å². The highest BCUT2D eigenvalue weighted by atomic mass is 16.5. The molecule has 0 bridgehead atoms. The van der Waals surface area contributed by atoms with Crippen LogP contribution in [0.1, 0.15) is 38.5 Å². The lowest BCUT2D eigenvalue weighted by atomic mass is 9.87. The van der Waals surface area contributed by atoms with Crippen LogP contribution in [-0.4, -0.2) is 43.8 Å². The van der Waals surface area contributed by atoms with Crippen molar-refractivity contribution in [1.29, 1.82) is 5.26 Å². The first-order valence-electron chi connectivity index (χ1n) is 7.60. The summed E-state index contributed by atoms with van der Waals surface area (Å²) >= 11 is 0. The van der Waals surface area contributed by atoms with Crippen LogP contribution in [0, 0.1) is 23.2 Å². The van der Waals surface area contributed by atoms with Crippen LogP contribution in [0.4, 0.5) is 0 Å². The summed E-state index contributed by atoms with van der Waals surface area (Å²) in [6.07, 6.45) is 6.80.